The molecule has 2 aliphatic rings. The van der Waals surface area contributed by atoms with Crippen molar-refractivity contribution in [3.8, 4) is 0 Å². The molecule has 2 heterocycles. The van der Waals surface area contributed by atoms with Crippen LogP contribution in [0.5, 0.6) is 0 Å². The average Bonchev–Trinajstić information content (AvgIpc) is 3.90. The van der Waals surface area contributed by atoms with E-state index in [0.717, 1.165) is 5.56 Å². The Kier molecular flexibility index (Phi) is 14.1. The molecule has 2 aliphatic heterocycles. The Balaban J connectivity index is 1.46. The van der Waals surface area contributed by atoms with Crippen molar-refractivity contribution in [1.29, 1.82) is 0 Å². The zero-order valence-electron chi connectivity index (χ0n) is 32.1. The minimum Gasteiger partial charge on any atom is -0.467 e. The summed E-state index contributed by atoms with van der Waals surface area (Å²) in [5.74, 6) is -3.02. The van der Waals surface area contributed by atoms with Crippen molar-refractivity contribution in [2.24, 2.45) is 0 Å². The topological polar surface area (TPSA) is 178 Å². The van der Waals surface area contributed by atoms with E-state index < -0.39 is 60.9 Å². The zero-order valence-corrected chi connectivity index (χ0v) is 33.0. The van der Waals surface area contributed by atoms with E-state index in [0.29, 0.717) is 60.5 Å². The molecular formula is C41H49N4O10P. The van der Waals surface area contributed by atoms with Gasteiger partial charge < -0.3 is 34.3 Å². The molecular weight excluding hydrogens is 739 g/mol. The van der Waals surface area contributed by atoms with Gasteiger partial charge in [0.15, 0.2) is 7.14 Å². The third-order valence-electron chi connectivity index (χ3n) is 10.1. The van der Waals surface area contributed by atoms with Crippen LogP contribution in [0.3, 0.4) is 0 Å². The second kappa shape index (κ2) is 18.9. The number of methoxy groups -OCH3 is 2. The fourth-order valence-electron chi connectivity index (χ4n) is 7.45. The number of carbonyl (C=O) groups excluding carboxylic acids is 6. The molecule has 4 atom stereocenters. The van der Waals surface area contributed by atoms with Crippen LogP contribution >= 0.6 is 7.14 Å². The molecule has 4 amide bonds. The van der Waals surface area contributed by atoms with E-state index in [-0.39, 0.29) is 25.4 Å². The highest BCUT2D eigenvalue weighted by molar-refractivity contribution is 7.79. The number of likely N-dealkylation sites (tertiary alicyclic amines) is 2. The van der Waals surface area contributed by atoms with Gasteiger partial charge in [-0.25, -0.2) is 14.4 Å². The van der Waals surface area contributed by atoms with Crippen LogP contribution in [-0.2, 0) is 62.2 Å². The quantitative estimate of drug-likeness (QED) is 0.140. The fraction of sp³-hybridized carbons (Fsp3) is 0.415. The van der Waals surface area contributed by atoms with Gasteiger partial charge in [0.2, 0.25) is 17.7 Å². The van der Waals surface area contributed by atoms with Gasteiger partial charge in [-0.05, 0) is 42.4 Å². The minimum atomic E-state index is -3.67. The molecule has 56 heavy (non-hydrogen) atoms. The van der Waals surface area contributed by atoms with Gasteiger partial charge in [-0.15, -0.1) is 0 Å². The third kappa shape index (κ3) is 9.84. The molecule has 2 N–H and O–H groups in total. The number of nitrogens with one attached hydrogen (secondary N) is 2. The van der Waals surface area contributed by atoms with Gasteiger partial charge in [-0.2, -0.15) is 0 Å². The van der Waals surface area contributed by atoms with Crippen LogP contribution in [0.2, 0.25) is 0 Å². The molecule has 2 fully saturated rings. The summed E-state index contributed by atoms with van der Waals surface area (Å²) < 4.78 is 31.3. The van der Waals surface area contributed by atoms with Gasteiger partial charge in [-0.1, -0.05) is 78.9 Å². The average molecular weight is 789 g/mol. The second-order valence-corrected chi connectivity index (χ2v) is 16.9. The monoisotopic (exact) mass is 788 g/mol. The maximum atomic E-state index is 15.9. The largest absolute Gasteiger partial charge is 0.467 e. The Morgan fingerprint density at radius 1 is 0.679 bits per heavy atom. The lowest BCUT2D eigenvalue weighted by Crippen LogP contribution is -2.50. The van der Waals surface area contributed by atoms with E-state index in [1.807, 2.05) is 30.3 Å². The first-order chi connectivity index (χ1) is 26.8. The minimum absolute atomic E-state index is 0.0704. The summed E-state index contributed by atoms with van der Waals surface area (Å²) in [4.78, 5) is 79.3. The smallest absolute Gasteiger partial charge is 0.410 e. The van der Waals surface area contributed by atoms with E-state index in [1.165, 1.54) is 33.0 Å². The van der Waals surface area contributed by atoms with Crippen molar-refractivity contribution >= 4 is 53.5 Å². The van der Waals surface area contributed by atoms with Crippen LogP contribution < -0.4 is 21.2 Å². The summed E-state index contributed by atoms with van der Waals surface area (Å²) in [7, 11) is -1.19. The predicted octanol–water partition coefficient (Wildman–Crippen LogP) is 3.19. The molecule has 3 aromatic carbocycles. The van der Waals surface area contributed by atoms with E-state index in [9.17, 15) is 28.8 Å². The Bertz CT molecular complexity index is 1850. The number of nitrogens with zero attached hydrogens (tertiary/aromatic N) is 2. The Labute approximate surface area is 326 Å². The lowest BCUT2D eigenvalue weighted by atomic mass is 10.1. The molecule has 0 spiro atoms. The number of benzene rings is 3. The maximum absolute atomic E-state index is 15.9. The summed E-state index contributed by atoms with van der Waals surface area (Å²) in [5.41, 5.74) is 2.19. The van der Waals surface area contributed by atoms with Gasteiger partial charge in [0.05, 0.1) is 20.0 Å². The van der Waals surface area contributed by atoms with Gasteiger partial charge in [-0.3, -0.25) is 19.3 Å². The SMILES string of the molecule is COC(=O)[C@H](Cc1ccc(P(=O)(c2ccc(C[C@H](NC(C)=O)C(=O)OC)cc2)C2CCCN2C(=O)[C@@H]2CCCN2C(=O)OCc2ccccc2)cc1)NC(C)=O. The molecule has 3 aromatic rings. The molecule has 14 nitrogen and oxygen atoms in total. The third-order valence-corrected chi connectivity index (χ3v) is 13.7. The van der Waals surface area contributed by atoms with E-state index >= 15 is 4.57 Å². The lowest BCUT2D eigenvalue weighted by Gasteiger charge is -2.35. The normalized spacial score (nSPS) is 17.7. The Morgan fingerprint density at radius 3 is 1.64 bits per heavy atom. The highest BCUT2D eigenvalue weighted by Crippen LogP contribution is 2.54. The first-order valence-electron chi connectivity index (χ1n) is 18.6. The number of amides is 4. The highest BCUT2D eigenvalue weighted by atomic mass is 31.2. The first kappa shape index (κ1) is 41.7. The molecule has 15 heteroatoms. The maximum Gasteiger partial charge on any atom is 0.410 e. The Hall–Kier alpha value is -5.49. The molecule has 5 rings (SSSR count). The predicted molar refractivity (Wildman–Crippen MR) is 207 cm³/mol. The number of hydrogen-bond acceptors (Lipinski definition) is 10. The van der Waals surface area contributed by atoms with E-state index in [4.69, 9.17) is 14.2 Å². The van der Waals surface area contributed by atoms with Gasteiger partial charge in [0.25, 0.3) is 0 Å². The van der Waals surface area contributed by atoms with E-state index in [1.54, 1.807) is 53.4 Å². The molecule has 1 unspecified atom stereocenters. The molecule has 0 aromatic heterocycles. The molecule has 0 radical (unpaired) electrons. The molecule has 2 saturated heterocycles. The zero-order chi connectivity index (χ0) is 40.4. The van der Waals surface area contributed by atoms with Crippen LogP contribution in [0, 0.1) is 0 Å². The van der Waals surface area contributed by atoms with Crippen LogP contribution in [0.25, 0.3) is 0 Å². The highest BCUT2D eigenvalue weighted by Gasteiger charge is 2.48. The molecule has 0 saturated carbocycles. The number of hydrogen-bond donors (Lipinski definition) is 2. The fourth-order valence-corrected chi connectivity index (χ4v) is 10.8. The van der Waals surface area contributed by atoms with Crippen LogP contribution in [0.15, 0.2) is 78.9 Å². The van der Waals surface area contributed by atoms with Crippen LogP contribution in [0.1, 0.15) is 56.2 Å². The van der Waals surface area contributed by atoms with Gasteiger partial charge in [0.1, 0.15) is 24.7 Å². The molecule has 0 aliphatic carbocycles. The molecule has 298 valence electrons. The van der Waals surface area contributed by atoms with Crippen LogP contribution in [0.4, 0.5) is 4.79 Å². The first-order valence-corrected chi connectivity index (χ1v) is 20.4. The van der Waals surface area contributed by atoms with Gasteiger partial charge >= 0.3 is 18.0 Å². The number of carbonyl (C=O) groups is 6. The summed E-state index contributed by atoms with van der Waals surface area (Å²) >= 11 is 0. The van der Waals surface area contributed by atoms with Crippen LogP contribution in [-0.4, -0.2) is 96.8 Å². The van der Waals surface area contributed by atoms with Crippen molar-refractivity contribution in [2.45, 2.75) is 82.9 Å². The summed E-state index contributed by atoms with van der Waals surface area (Å²) in [5, 5.41) is 6.16. The van der Waals surface area contributed by atoms with Crippen molar-refractivity contribution < 1.29 is 47.5 Å². The summed E-state index contributed by atoms with van der Waals surface area (Å²) in [6.07, 6.45) is 1.78. The van der Waals surface area contributed by atoms with E-state index in [2.05, 4.69) is 10.6 Å². The van der Waals surface area contributed by atoms with Gasteiger partial charge in [0, 0.05) is 50.4 Å². The summed E-state index contributed by atoms with van der Waals surface area (Å²) in [6.45, 7) is 3.40. The number of rotatable bonds is 14. The second-order valence-electron chi connectivity index (χ2n) is 14.0. The van der Waals surface area contributed by atoms with Crippen molar-refractivity contribution in [3.05, 3.63) is 95.6 Å². The standard InChI is InChI=1S/C41H49N4O10P/c1-27(46)42-34(39(49)53-3)24-29-14-18-32(19-15-29)56(52,33-20-16-30(17-21-33)25-35(40(50)54-4)43-28(2)47)37-13-9-23-45(37)38(48)36-12-8-22-44(36)41(51)55-26-31-10-6-5-7-11-31/h5-7,10-11,14-21,34-37H,8-9,12-13,22-26H2,1-4H3,(H,42,46)(H,43,47)/t34-,35-,36-,37?/m0/s1. The van der Waals surface area contributed by atoms with Crippen molar-refractivity contribution in [1.82, 2.24) is 20.4 Å². The Morgan fingerprint density at radius 2 is 1.16 bits per heavy atom. The number of esters is 2. The van der Waals surface area contributed by atoms with Crippen molar-refractivity contribution in [2.75, 3.05) is 27.3 Å². The number of ether oxygens (including phenoxy) is 3. The lowest BCUT2D eigenvalue weighted by molar-refractivity contribution is -0.145. The molecule has 0 bridgehead atoms. The summed E-state index contributed by atoms with van der Waals surface area (Å²) in [6, 6.07) is 20.5. The van der Waals surface area contributed by atoms with Crippen molar-refractivity contribution in [3.63, 3.8) is 0 Å².